The van der Waals surface area contributed by atoms with Crippen molar-refractivity contribution in [2.45, 2.75) is 63.1 Å². The van der Waals surface area contributed by atoms with Crippen LogP contribution >= 0.6 is 35.0 Å². The van der Waals surface area contributed by atoms with Crippen molar-refractivity contribution in [1.82, 2.24) is 10.2 Å². The van der Waals surface area contributed by atoms with Gasteiger partial charge >= 0.3 is 0 Å². The zero-order valence-electron chi connectivity index (χ0n) is 17.9. The predicted molar refractivity (Wildman–Crippen MR) is 129 cm³/mol. The van der Waals surface area contributed by atoms with Gasteiger partial charge in [-0.25, -0.2) is 0 Å². The highest BCUT2D eigenvalue weighted by Gasteiger charge is 2.28. The minimum Gasteiger partial charge on any atom is -0.352 e. The van der Waals surface area contributed by atoms with E-state index in [2.05, 4.69) is 5.32 Å². The number of rotatable bonds is 8. The zero-order valence-corrected chi connectivity index (χ0v) is 20.2. The van der Waals surface area contributed by atoms with E-state index >= 15 is 0 Å². The lowest BCUT2D eigenvalue weighted by atomic mass is 10.1. The quantitative estimate of drug-likeness (QED) is 0.482. The molecular formula is C24H28Cl2N2O2S. The van der Waals surface area contributed by atoms with Crippen LogP contribution in [0.3, 0.4) is 0 Å². The molecule has 0 radical (unpaired) electrons. The monoisotopic (exact) mass is 478 g/mol. The molecule has 0 spiro atoms. The van der Waals surface area contributed by atoms with Crippen molar-refractivity contribution in [1.29, 1.82) is 0 Å². The number of carbonyl (C=O) groups excluding carboxylic acids is 2. The maximum absolute atomic E-state index is 13.2. The number of amides is 2. The molecule has 166 valence electrons. The van der Waals surface area contributed by atoms with E-state index in [-0.39, 0.29) is 23.6 Å². The van der Waals surface area contributed by atoms with Gasteiger partial charge in [0, 0.05) is 17.5 Å². The lowest BCUT2D eigenvalue weighted by molar-refractivity contribution is -0.138. The second-order valence-electron chi connectivity index (χ2n) is 8.04. The van der Waals surface area contributed by atoms with E-state index < -0.39 is 6.04 Å². The van der Waals surface area contributed by atoms with Crippen LogP contribution in [0.1, 0.15) is 43.7 Å². The van der Waals surface area contributed by atoms with Gasteiger partial charge in [-0.1, -0.05) is 59.8 Å². The molecule has 1 saturated carbocycles. The minimum absolute atomic E-state index is 0.0919. The highest BCUT2D eigenvalue weighted by Crippen LogP contribution is 2.25. The molecule has 3 rings (SSSR count). The Kier molecular flexibility index (Phi) is 8.70. The fourth-order valence-electron chi connectivity index (χ4n) is 3.67. The number of hydrogen-bond donors (Lipinski definition) is 1. The molecule has 2 amide bonds. The molecule has 0 heterocycles. The third-order valence-electron chi connectivity index (χ3n) is 5.59. The van der Waals surface area contributed by atoms with Gasteiger partial charge in [0.2, 0.25) is 11.8 Å². The summed E-state index contributed by atoms with van der Waals surface area (Å²) in [5.74, 6) is 0.0529. The van der Waals surface area contributed by atoms with E-state index in [1.54, 1.807) is 24.0 Å². The molecule has 0 bridgehead atoms. The number of nitrogens with one attached hydrogen (secondary N) is 1. The van der Waals surface area contributed by atoms with Gasteiger partial charge in [-0.2, -0.15) is 0 Å². The first-order valence-electron chi connectivity index (χ1n) is 10.6. The Balaban J connectivity index is 1.72. The molecule has 1 unspecified atom stereocenters. The van der Waals surface area contributed by atoms with Gasteiger partial charge in [-0.15, -0.1) is 11.8 Å². The van der Waals surface area contributed by atoms with Crippen molar-refractivity contribution >= 4 is 46.8 Å². The molecule has 1 aliphatic carbocycles. The van der Waals surface area contributed by atoms with Gasteiger partial charge in [0.05, 0.1) is 15.8 Å². The number of halogens is 2. The first-order chi connectivity index (χ1) is 14.8. The zero-order chi connectivity index (χ0) is 22.4. The van der Waals surface area contributed by atoms with E-state index in [9.17, 15) is 9.59 Å². The topological polar surface area (TPSA) is 49.4 Å². The lowest BCUT2D eigenvalue weighted by Gasteiger charge is -2.29. The first kappa shape index (κ1) is 24.0. The smallest absolute Gasteiger partial charge is 0.242 e. The van der Waals surface area contributed by atoms with Crippen molar-refractivity contribution in [3.05, 3.63) is 63.6 Å². The number of nitrogens with zero attached hydrogens (tertiary/aromatic N) is 1. The summed E-state index contributed by atoms with van der Waals surface area (Å²) >= 11 is 13.7. The molecule has 1 atom stereocenters. The van der Waals surface area contributed by atoms with Crippen LogP contribution in [0.4, 0.5) is 0 Å². The fourth-order valence-corrected chi connectivity index (χ4v) is 4.78. The van der Waals surface area contributed by atoms with Crippen LogP contribution in [0.25, 0.3) is 0 Å². The van der Waals surface area contributed by atoms with E-state index in [1.165, 1.54) is 17.3 Å². The van der Waals surface area contributed by atoms with Crippen molar-refractivity contribution in [2.75, 3.05) is 5.75 Å². The molecule has 2 aromatic carbocycles. The standard InChI is InChI=1S/C24H28Cl2N2O2S/c1-16-7-10-20(11-8-16)31-15-23(29)28(14-18-9-12-21(25)22(26)13-18)17(2)24(30)27-19-5-3-4-6-19/h7-13,17,19H,3-6,14-15H2,1-2H3,(H,27,30). The Hall–Kier alpha value is -1.69. The van der Waals surface area contributed by atoms with Gasteiger partial charge in [0.1, 0.15) is 6.04 Å². The maximum Gasteiger partial charge on any atom is 0.242 e. The molecule has 0 saturated heterocycles. The molecule has 2 aromatic rings. The average Bonchev–Trinajstić information content (AvgIpc) is 3.26. The van der Waals surface area contributed by atoms with E-state index in [1.807, 2.05) is 37.3 Å². The third-order valence-corrected chi connectivity index (χ3v) is 7.32. The maximum atomic E-state index is 13.2. The normalized spacial score (nSPS) is 15.0. The Morgan fingerprint density at radius 1 is 1.10 bits per heavy atom. The first-order valence-corrected chi connectivity index (χ1v) is 12.3. The van der Waals surface area contributed by atoms with Crippen molar-refractivity contribution in [3.8, 4) is 0 Å². The Morgan fingerprint density at radius 2 is 1.77 bits per heavy atom. The molecule has 4 nitrogen and oxygen atoms in total. The molecule has 0 aromatic heterocycles. The molecule has 1 aliphatic rings. The Labute approximate surface area is 198 Å². The van der Waals surface area contributed by atoms with Crippen LogP contribution in [0.15, 0.2) is 47.4 Å². The summed E-state index contributed by atoms with van der Waals surface area (Å²) in [6, 6.07) is 13.0. The summed E-state index contributed by atoms with van der Waals surface area (Å²) in [6.45, 7) is 4.11. The summed E-state index contributed by atoms with van der Waals surface area (Å²) in [4.78, 5) is 28.8. The Bertz CT molecular complexity index is 914. The van der Waals surface area contributed by atoms with Crippen LogP contribution in [0.2, 0.25) is 10.0 Å². The SMILES string of the molecule is Cc1ccc(SCC(=O)N(Cc2ccc(Cl)c(Cl)c2)C(C)C(=O)NC2CCCC2)cc1. The van der Waals surface area contributed by atoms with Gasteiger partial charge in [0.15, 0.2) is 0 Å². The van der Waals surface area contributed by atoms with Gasteiger partial charge in [0.25, 0.3) is 0 Å². The van der Waals surface area contributed by atoms with Gasteiger partial charge < -0.3 is 10.2 Å². The number of thioether (sulfide) groups is 1. The van der Waals surface area contributed by atoms with Crippen LogP contribution < -0.4 is 5.32 Å². The van der Waals surface area contributed by atoms with Crippen molar-refractivity contribution < 1.29 is 9.59 Å². The molecule has 7 heteroatoms. The highest BCUT2D eigenvalue weighted by atomic mass is 35.5. The van der Waals surface area contributed by atoms with Gasteiger partial charge in [-0.05, 0) is 56.5 Å². The second-order valence-corrected chi connectivity index (χ2v) is 9.90. The average molecular weight is 479 g/mol. The summed E-state index contributed by atoms with van der Waals surface area (Å²) < 4.78 is 0. The van der Waals surface area contributed by atoms with Crippen molar-refractivity contribution in [2.24, 2.45) is 0 Å². The Morgan fingerprint density at radius 3 is 2.42 bits per heavy atom. The van der Waals surface area contributed by atoms with Crippen LogP contribution in [0, 0.1) is 6.92 Å². The molecular weight excluding hydrogens is 451 g/mol. The third kappa shape index (κ3) is 6.90. The fraction of sp³-hybridized carbons (Fsp3) is 0.417. The van der Waals surface area contributed by atoms with Crippen LogP contribution in [0.5, 0.6) is 0 Å². The number of benzene rings is 2. The van der Waals surface area contributed by atoms with Crippen LogP contribution in [-0.4, -0.2) is 34.6 Å². The lowest BCUT2D eigenvalue weighted by Crippen LogP contribution is -2.50. The number of aryl methyl sites for hydroxylation is 1. The summed E-state index contributed by atoms with van der Waals surface area (Å²) in [5.41, 5.74) is 2.01. The van der Waals surface area contributed by atoms with Gasteiger partial charge in [-0.3, -0.25) is 9.59 Å². The second kappa shape index (κ2) is 11.3. The largest absolute Gasteiger partial charge is 0.352 e. The summed E-state index contributed by atoms with van der Waals surface area (Å²) in [7, 11) is 0. The van der Waals surface area contributed by atoms with E-state index in [0.717, 1.165) is 36.1 Å². The molecule has 0 aliphatic heterocycles. The van der Waals surface area contributed by atoms with Crippen molar-refractivity contribution in [3.63, 3.8) is 0 Å². The molecule has 1 fully saturated rings. The minimum atomic E-state index is -0.582. The predicted octanol–water partition coefficient (Wildman–Crippen LogP) is 5.87. The van der Waals surface area contributed by atoms with E-state index in [0.29, 0.717) is 16.6 Å². The highest BCUT2D eigenvalue weighted by molar-refractivity contribution is 8.00. The summed E-state index contributed by atoms with van der Waals surface area (Å²) in [6.07, 6.45) is 4.28. The van der Waals surface area contributed by atoms with Crippen LogP contribution in [-0.2, 0) is 16.1 Å². The molecule has 31 heavy (non-hydrogen) atoms. The number of carbonyl (C=O) groups is 2. The molecule has 1 N–H and O–H groups in total. The number of hydrogen-bond acceptors (Lipinski definition) is 3. The van der Waals surface area contributed by atoms with E-state index in [4.69, 9.17) is 23.2 Å². The summed E-state index contributed by atoms with van der Waals surface area (Å²) in [5, 5.41) is 4.01.